The smallest absolute Gasteiger partial charge is 0.303 e. The van der Waals surface area contributed by atoms with Crippen molar-refractivity contribution in [3.05, 3.63) is 0 Å². The third-order valence-electron chi connectivity index (χ3n) is 4.14. The molecule has 0 aromatic heterocycles. The van der Waals surface area contributed by atoms with Gasteiger partial charge in [0.05, 0.1) is 6.17 Å². The Balaban J connectivity index is 0. The van der Waals surface area contributed by atoms with E-state index in [2.05, 4.69) is 13.8 Å². The van der Waals surface area contributed by atoms with E-state index in [0.717, 1.165) is 19.3 Å². The van der Waals surface area contributed by atoms with Crippen molar-refractivity contribution in [2.45, 2.75) is 123 Å². The maximum atomic E-state index is 10.1. The number of aliphatic carboxylic acids is 1. The fourth-order valence-electron chi connectivity index (χ4n) is 2.57. The first-order valence-electron chi connectivity index (χ1n) is 10.3. The number of nitrogens with two attached hydrogens (primary N) is 2. The average molecular weight is 345 g/mol. The number of carboxylic acid groups (broad SMARTS) is 1. The molecule has 0 saturated carbocycles. The van der Waals surface area contributed by atoms with Gasteiger partial charge in [0.15, 0.2) is 0 Å². The SMILES string of the molecule is CCCCCCCCCC(=O)O.CCCCCCCCCC(N)N. The van der Waals surface area contributed by atoms with E-state index < -0.39 is 5.97 Å². The maximum Gasteiger partial charge on any atom is 0.303 e. The number of hydrogen-bond donors (Lipinski definition) is 3. The van der Waals surface area contributed by atoms with Gasteiger partial charge in [-0.2, -0.15) is 0 Å². The summed E-state index contributed by atoms with van der Waals surface area (Å²) in [4.78, 5) is 10.1. The van der Waals surface area contributed by atoms with E-state index in [9.17, 15) is 4.79 Å². The molecule has 4 nitrogen and oxygen atoms in total. The molecule has 0 aromatic rings. The number of rotatable bonds is 16. The summed E-state index contributed by atoms with van der Waals surface area (Å²) in [5.41, 5.74) is 10.9. The van der Waals surface area contributed by atoms with Crippen LogP contribution in [0.25, 0.3) is 0 Å². The summed E-state index contributed by atoms with van der Waals surface area (Å²) in [6.07, 6.45) is 18.9. The van der Waals surface area contributed by atoms with Crippen LogP contribution in [0.4, 0.5) is 0 Å². The van der Waals surface area contributed by atoms with Gasteiger partial charge in [0.1, 0.15) is 0 Å². The number of carbonyl (C=O) groups is 1. The maximum absolute atomic E-state index is 10.1. The topological polar surface area (TPSA) is 89.3 Å². The van der Waals surface area contributed by atoms with Crippen LogP contribution in [0.15, 0.2) is 0 Å². The fourth-order valence-corrected chi connectivity index (χ4v) is 2.57. The Morgan fingerprint density at radius 2 is 1.08 bits per heavy atom. The van der Waals surface area contributed by atoms with E-state index in [4.69, 9.17) is 16.6 Å². The number of unbranched alkanes of at least 4 members (excludes halogenated alkanes) is 12. The minimum Gasteiger partial charge on any atom is -0.481 e. The third-order valence-corrected chi connectivity index (χ3v) is 4.14. The lowest BCUT2D eigenvalue weighted by Gasteiger charge is -2.04. The molecule has 0 bridgehead atoms. The van der Waals surface area contributed by atoms with Gasteiger partial charge in [-0.1, -0.05) is 97.3 Å². The Bertz CT molecular complexity index is 246. The van der Waals surface area contributed by atoms with Crippen molar-refractivity contribution in [1.82, 2.24) is 0 Å². The van der Waals surface area contributed by atoms with E-state index in [1.165, 1.54) is 77.0 Å². The number of carboxylic acids is 1. The highest BCUT2D eigenvalue weighted by molar-refractivity contribution is 5.66. The summed E-state index contributed by atoms with van der Waals surface area (Å²) in [5.74, 6) is -0.663. The van der Waals surface area contributed by atoms with Crippen LogP contribution in [0.1, 0.15) is 117 Å². The Morgan fingerprint density at radius 1 is 0.708 bits per heavy atom. The zero-order chi connectivity index (χ0) is 18.5. The summed E-state index contributed by atoms with van der Waals surface area (Å²) < 4.78 is 0. The standard InChI is InChI=1S/C10H24N2.C10H20O2/c2*1-2-3-4-5-6-7-8-9-10(11)12/h10H,2-9,11-12H2,1H3;2-9H2,1H3,(H,11,12). The summed E-state index contributed by atoms with van der Waals surface area (Å²) in [6, 6.07) is 0. The van der Waals surface area contributed by atoms with Gasteiger partial charge in [0, 0.05) is 6.42 Å². The third kappa shape index (κ3) is 29.4. The normalized spacial score (nSPS) is 10.5. The molecular formula is C20H44N2O2. The van der Waals surface area contributed by atoms with Gasteiger partial charge in [-0.25, -0.2) is 0 Å². The predicted molar refractivity (Wildman–Crippen MR) is 105 cm³/mol. The fraction of sp³-hybridized carbons (Fsp3) is 0.950. The van der Waals surface area contributed by atoms with E-state index in [1.807, 2.05) is 0 Å². The van der Waals surface area contributed by atoms with Crippen LogP contribution in [0, 0.1) is 0 Å². The van der Waals surface area contributed by atoms with Gasteiger partial charge < -0.3 is 16.6 Å². The second kappa shape index (κ2) is 22.4. The summed E-state index contributed by atoms with van der Waals surface area (Å²) in [5, 5.41) is 8.35. The van der Waals surface area contributed by atoms with Gasteiger partial charge in [-0.15, -0.1) is 0 Å². The van der Waals surface area contributed by atoms with Gasteiger partial charge >= 0.3 is 5.97 Å². The van der Waals surface area contributed by atoms with Crippen LogP contribution < -0.4 is 11.5 Å². The van der Waals surface area contributed by atoms with Gasteiger partial charge in [-0.05, 0) is 12.8 Å². The van der Waals surface area contributed by atoms with Crippen molar-refractivity contribution in [2.24, 2.45) is 11.5 Å². The highest BCUT2D eigenvalue weighted by Crippen LogP contribution is 2.08. The van der Waals surface area contributed by atoms with Crippen LogP contribution in [0.3, 0.4) is 0 Å². The van der Waals surface area contributed by atoms with Crippen LogP contribution >= 0.6 is 0 Å². The molecule has 4 heteroatoms. The molecule has 5 N–H and O–H groups in total. The van der Waals surface area contributed by atoms with E-state index >= 15 is 0 Å². The molecule has 0 unspecified atom stereocenters. The first-order chi connectivity index (χ1) is 11.5. The zero-order valence-electron chi connectivity index (χ0n) is 16.4. The van der Waals surface area contributed by atoms with Crippen molar-refractivity contribution in [1.29, 1.82) is 0 Å². The Morgan fingerprint density at radius 3 is 1.46 bits per heavy atom. The molecule has 0 heterocycles. The number of hydrogen-bond acceptors (Lipinski definition) is 3. The Hall–Kier alpha value is -0.610. The highest BCUT2D eigenvalue weighted by atomic mass is 16.4. The van der Waals surface area contributed by atoms with Crippen LogP contribution in [0.5, 0.6) is 0 Å². The first-order valence-corrected chi connectivity index (χ1v) is 10.3. The van der Waals surface area contributed by atoms with E-state index in [0.29, 0.717) is 6.42 Å². The monoisotopic (exact) mass is 344 g/mol. The molecule has 0 saturated heterocycles. The summed E-state index contributed by atoms with van der Waals surface area (Å²) in [6.45, 7) is 4.44. The lowest BCUT2D eigenvalue weighted by Crippen LogP contribution is -2.29. The van der Waals surface area contributed by atoms with Crippen molar-refractivity contribution in [2.75, 3.05) is 0 Å². The lowest BCUT2D eigenvalue weighted by atomic mass is 10.1. The predicted octanol–water partition coefficient (Wildman–Crippen LogP) is 5.58. The Kier molecular flexibility index (Phi) is 23.9. The molecule has 0 fully saturated rings. The molecule has 146 valence electrons. The van der Waals surface area contributed by atoms with Crippen LogP contribution in [-0.2, 0) is 4.79 Å². The van der Waals surface area contributed by atoms with Gasteiger partial charge in [0.2, 0.25) is 0 Å². The van der Waals surface area contributed by atoms with Crippen molar-refractivity contribution in [3.63, 3.8) is 0 Å². The molecular weight excluding hydrogens is 300 g/mol. The highest BCUT2D eigenvalue weighted by Gasteiger charge is 1.96. The van der Waals surface area contributed by atoms with E-state index in [-0.39, 0.29) is 6.17 Å². The molecule has 0 aliphatic rings. The first kappa shape index (κ1) is 25.6. The second-order valence-electron chi connectivity index (χ2n) is 6.84. The molecule has 0 aliphatic heterocycles. The molecule has 0 spiro atoms. The quantitative estimate of drug-likeness (QED) is 0.252. The molecule has 0 rings (SSSR count). The second-order valence-corrected chi connectivity index (χ2v) is 6.84. The van der Waals surface area contributed by atoms with Crippen molar-refractivity contribution < 1.29 is 9.90 Å². The molecule has 24 heavy (non-hydrogen) atoms. The van der Waals surface area contributed by atoms with Crippen molar-refractivity contribution >= 4 is 5.97 Å². The minimum atomic E-state index is -0.663. The average Bonchev–Trinajstić information content (AvgIpc) is 2.53. The summed E-state index contributed by atoms with van der Waals surface area (Å²) >= 11 is 0. The van der Waals surface area contributed by atoms with Crippen LogP contribution in [0.2, 0.25) is 0 Å². The molecule has 0 aromatic carbocycles. The molecule has 0 atom stereocenters. The van der Waals surface area contributed by atoms with Crippen LogP contribution in [-0.4, -0.2) is 17.2 Å². The largest absolute Gasteiger partial charge is 0.481 e. The van der Waals surface area contributed by atoms with E-state index in [1.54, 1.807) is 0 Å². The van der Waals surface area contributed by atoms with Crippen molar-refractivity contribution in [3.8, 4) is 0 Å². The lowest BCUT2D eigenvalue weighted by molar-refractivity contribution is -0.137. The van der Waals surface area contributed by atoms with Gasteiger partial charge in [-0.3, -0.25) is 4.79 Å². The Labute approximate surface area is 150 Å². The zero-order valence-corrected chi connectivity index (χ0v) is 16.4. The molecule has 0 amide bonds. The molecule has 0 aliphatic carbocycles. The summed E-state index contributed by atoms with van der Waals surface area (Å²) in [7, 11) is 0. The van der Waals surface area contributed by atoms with Gasteiger partial charge in [0.25, 0.3) is 0 Å². The molecule has 0 radical (unpaired) electrons. The minimum absolute atomic E-state index is 0.0966.